The highest BCUT2D eigenvalue weighted by atomic mass is 35.5. The van der Waals surface area contributed by atoms with Crippen molar-refractivity contribution in [2.45, 2.75) is 30.6 Å². The first-order chi connectivity index (χ1) is 10.1. The molecule has 110 valence electrons. The van der Waals surface area contributed by atoms with Crippen LogP contribution in [0.4, 0.5) is 5.69 Å². The van der Waals surface area contributed by atoms with Crippen LogP contribution >= 0.6 is 11.6 Å². The van der Waals surface area contributed by atoms with E-state index < -0.39 is 10.0 Å². The minimum atomic E-state index is -3.64. The Morgan fingerprint density at radius 2 is 1.86 bits per heavy atom. The molecule has 1 aliphatic carbocycles. The zero-order chi connectivity index (χ0) is 14.9. The highest BCUT2D eigenvalue weighted by molar-refractivity contribution is 7.92. The fourth-order valence-corrected chi connectivity index (χ4v) is 3.86. The first-order valence-electron chi connectivity index (χ1n) is 6.80. The molecule has 1 heterocycles. The second kappa shape index (κ2) is 5.66. The molecule has 4 nitrogen and oxygen atoms in total. The van der Waals surface area contributed by atoms with Crippen molar-refractivity contribution in [1.82, 2.24) is 4.98 Å². The summed E-state index contributed by atoms with van der Waals surface area (Å²) in [5, 5.41) is 0.325. The number of nitrogens with zero attached hydrogens (tertiary/aromatic N) is 1. The van der Waals surface area contributed by atoms with Crippen LogP contribution in [0.15, 0.2) is 41.6 Å². The summed E-state index contributed by atoms with van der Waals surface area (Å²) in [5.41, 5.74) is 2.66. The number of pyridine rings is 1. The largest absolute Gasteiger partial charge is 0.277 e. The van der Waals surface area contributed by atoms with E-state index in [-0.39, 0.29) is 10.6 Å². The van der Waals surface area contributed by atoms with E-state index in [9.17, 15) is 8.42 Å². The van der Waals surface area contributed by atoms with Gasteiger partial charge in [-0.3, -0.25) is 9.71 Å². The van der Waals surface area contributed by atoms with Gasteiger partial charge in [0.15, 0.2) is 0 Å². The molecule has 6 heteroatoms. The van der Waals surface area contributed by atoms with Gasteiger partial charge in [-0.15, -0.1) is 0 Å². The number of anilines is 1. The topological polar surface area (TPSA) is 59.1 Å². The van der Waals surface area contributed by atoms with Crippen LogP contribution in [-0.4, -0.2) is 13.4 Å². The molecule has 0 unspecified atom stereocenters. The van der Waals surface area contributed by atoms with Crippen LogP contribution in [-0.2, 0) is 22.9 Å². The number of sulfonamides is 1. The molecule has 0 spiro atoms. The Labute approximate surface area is 129 Å². The highest BCUT2D eigenvalue weighted by Gasteiger charge is 2.18. The first-order valence-corrected chi connectivity index (χ1v) is 8.66. The van der Waals surface area contributed by atoms with Gasteiger partial charge in [0, 0.05) is 6.20 Å². The molecule has 3 rings (SSSR count). The van der Waals surface area contributed by atoms with E-state index in [1.165, 1.54) is 24.4 Å². The number of hydrogen-bond donors (Lipinski definition) is 1. The normalized spacial score (nSPS) is 14.5. The molecule has 0 aliphatic heterocycles. The number of fused-ring (bicyclic) bond motifs is 1. The number of nitrogens with one attached hydrogen (secondary N) is 1. The van der Waals surface area contributed by atoms with Gasteiger partial charge in [0.05, 0.1) is 21.8 Å². The van der Waals surface area contributed by atoms with Gasteiger partial charge in [0.2, 0.25) is 0 Å². The molecular formula is C15H15ClN2O2S. The van der Waals surface area contributed by atoms with E-state index in [2.05, 4.69) is 9.71 Å². The van der Waals surface area contributed by atoms with Crippen molar-refractivity contribution >= 4 is 27.3 Å². The van der Waals surface area contributed by atoms with Crippen LogP contribution in [0.2, 0.25) is 5.02 Å². The zero-order valence-corrected chi connectivity index (χ0v) is 12.9. The number of aromatic nitrogens is 1. The van der Waals surface area contributed by atoms with Crippen LogP contribution in [0, 0.1) is 0 Å². The van der Waals surface area contributed by atoms with Gasteiger partial charge < -0.3 is 0 Å². The number of benzene rings is 1. The Balaban J connectivity index is 1.93. The molecular weight excluding hydrogens is 308 g/mol. The van der Waals surface area contributed by atoms with Gasteiger partial charge in [-0.05, 0) is 55.0 Å². The summed E-state index contributed by atoms with van der Waals surface area (Å²) >= 11 is 5.97. The maximum atomic E-state index is 12.4. The van der Waals surface area contributed by atoms with Crippen molar-refractivity contribution in [2.75, 3.05) is 4.72 Å². The Morgan fingerprint density at radius 3 is 2.62 bits per heavy atom. The predicted molar refractivity (Wildman–Crippen MR) is 83.1 cm³/mol. The number of hydrogen-bond acceptors (Lipinski definition) is 3. The van der Waals surface area contributed by atoms with E-state index >= 15 is 0 Å². The lowest BCUT2D eigenvalue weighted by atomic mass is 9.92. The summed E-state index contributed by atoms with van der Waals surface area (Å²) in [6, 6.07) is 6.87. The lowest BCUT2D eigenvalue weighted by Gasteiger charge is -2.17. The second-order valence-electron chi connectivity index (χ2n) is 5.10. The van der Waals surface area contributed by atoms with E-state index in [1.807, 2.05) is 6.07 Å². The van der Waals surface area contributed by atoms with Crippen LogP contribution in [0.1, 0.15) is 24.0 Å². The van der Waals surface area contributed by atoms with E-state index in [0.29, 0.717) is 5.02 Å². The molecule has 0 fully saturated rings. The minimum absolute atomic E-state index is 0.267. The van der Waals surface area contributed by atoms with E-state index in [4.69, 9.17) is 11.6 Å². The van der Waals surface area contributed by atoms with Gasteiger partial charge in [-0.2, -0.15) is 0 Å². The molecule has 0 saturated heterocycles. The third-order valence-electron chi connectivity index (χ3n) is 3.64. The van der Waals surface area contributed by atoms with Crippen molar-refractivity contribution in [2.24, 2.45) is 0 Å². The third kappa shape index (κ3) is 3.04. The maximum Gasteiger partial charge on any atom is 0.261 e. The summed E-state index contributed by atoms with van der Waals surface area (Å²) in [5.74, 6) is 0. The smallest absolute Gasteiger partial charge is 0.261 e. The monoisotopic (exact) mass is 322 g/mol. The average Bonchev–Trinajstić information content (AvgIpc) is 2.49. The maximum absolute atomic E-state index is 12.4. The number of aryl methyl sites for hydroxylation is 2. The Hall–Kier alpha value is -1.59. The van der Waals surface area contributed by atoms with E-state index in [0.717, 1.165) is 24.8 Å². The minimum Gasteiger partial charge on any atom is -0.277 e. The number of halogens is 1. The summed E-state index contributed by atoms with van der Waals surface area (Å²) < 4.78 is 27.4. The Morgan fingerprint density at radius 1 is 1.10 bits per heavy atom. The molecule has 21 heavy (non-hydrogen) atoms. The first kappa shape index (κ1) is 14.4. The molecule has 2 aromatic rings. The SMILES string of the molecule is O=S(=O)(Nc1cnccc1Cl)c1ccc2c(c1)CCCC2. The van der Waals surface area contributed by atoms with Crippen LogP contribution in [0.5, 0.6) is 0 Å². The summed E-state index contributed by atoms with van der Waals surface area (Å²) in [6.07, 6.45) is 7.15. The van der Waals surface area contributed by atoms with Gasteiger partial charge >= 0.3 is 0 Å². The fraction of sp³-hybridized carbons (Fsp3) is 0.267. The Kier molecular flexibility index (Phi) is 3.87. The van der Waals surface area contributed by atoms with E-state index in [1.54, 1.807) is 18.2 Å². The van der Waals surface area contributed by atoms with Crippen molar-refractivity contribution in [3.63, 3.8) is 0 Å². The molecule has 0 bridgehead atoms. The number of rotatable bonds is 3. The quantitative estimate of drug-likeness (QED) is 0.942. The molecule has 0 amide bonds. The van der Waals surface area contributed by atoms with Crippen LogP contribution in [0.25, 0.3) is 0 Å². The fourth-order valence-electron chi connectivity index (χ4n) is 2.53. The lowest BCUT2D eigenvalue weighted by molar-refractivity contribution is 0.600. The second-order valence-corrected chi connectivity index (χ2v) is 7.19. The van der Waals surface area contributed by atoms with Gasteiger partial charge in [0.1, 0.15) is 0 Å². The summed E-state index contributed by atoms with van der Waals surface area (Å²) in [7, 11) is -3.64. The van der Waals surface area contributed by atoms with Crippen LogP contribution in [0.3, 0.4) is 0 Å². The third-order valence-corrected chi connectivity index (χ3v) is 5.34. The van der Waals surface area contributed by atoms with Crippen molar-refractivity contribution in [3.05, 3.63) is 52.8 Å². The predicted octanol–water partition coefficient (Wildman–Crippen LogP) is 3.41. The molecule has 0 atom stereocenters. The van der Waals surface area contributed by atoms with Gasteiger partial charge in [-0.1, -0.05) is 17.7 Å². The van der Waals surface area contributed by atoms with Crippen molar-refractivity contribution < 1.29 is 8.42 Å². The molecule has 1 aliphatic rings. The highest BCUT2D eigenvalue weighted by Crippen LogP contribution is 2.27. The molecule has 0 radical (unpaired) electrons. The van der Waals surface area contributed by atoms with Gasteiger partial charge in [-0.25, -0.2) is 8.42 Å². The lowest BCUT2D eigenvalue weighted by Crippen LogP contribution is -2.14. The zero-order valence-electron chi connectivity index (χ0n) is 11.3. The Bertz CT molecular complexity index is 775. The van der Waals surface area contributed by atoms with Crippen LogP contribution < -0.4 is 4.72 Å². The van der Waals surface area contributed by atoms with Crippen molar-refractivity contribution in [3.8, 4) is 0 Å². The average molecular weight is 323 g/mol. The van der Waals surface area contributed by atoms with Crippen molar-refractivity contribution in [1.29, 1.82) is 0 Å². The molecule has 1 aromatic carbocycles. The molecule has 1 N–H and O–H groups in total. The molecule has 1 aromatic heterocycles. The standard InChI is InChI=1S/C15H15ClN2O2S/c16-14-7-8-17-10-15(14)18-21(19,20)13-6-5-11-3-1-2-4-12(11)9-13/h5-10,18H,1-4H2. The summed E-state index contributed by atoms with van der Waals surface area (Å²) in [4.78, 5) is 4.15. The summed E-state index contributed by atoms with van der Waals surface area (Å²) in [6.45, 7) is 0. The van der Waals surface area contributed by atoms with Gasteiger partial charge in [0.25, 0.3) is 10.0 Å². The molecule has 0 saturated carbocycles.